The highest BCUT2D eigenvalue weighted by molar-refractivity contribution is 5.93. The second-order valence-corrected chi connectivity index (χ2v) is 8.01. The van der Waals surface area contributed by atoms with E-state index in [0.717, 1.165) is 21.8 Å². The van der Waals surface area contributed by atoms with E-state index in [1.807, 2.05) is 36.4 Å². The number of likely N-dealkylation sites (tertiary alicyclic amines) is 1. The van der Waals surface area contributed by atoms with E-state index in [1.165, 1.54) is 6.92 Å². The van der Waals surface area contributed by atoms with Crippen LogP contribution in [0.15, 0.2) is 54.6 Å². The molecule has 3 aromatic heterocycles. The van der Waals surface area contributed by atoms with Gasteiger partial charge >= 0.3 is 6.18 Å². The molecule has 1 saturated heterocycles. The summed E-state index contributed by atoms with van der Waals surface area (Å²) >= 11 is 0. The van der Waals surface area contributed by atoms with Crippen LogP contribution in [0.25, 0.3) is 16.9 Å². The van der Waals surface area contributed by atoms with Gasteiger partial charge in [0, 0.05) is 36.5 Å². The molecule has 164 valence electrons. The molecule has 1 aliphatic heterocycles. The van der Waals surface area contributed by atoms with E-state index < -0.39 is 11.9 Å². The van der Waals surface area contributed by atoms with Crippen LogP contribution in [0.1, 0.15) is 39.9 Å². The number of alkyl halides is 3. The van der Waals surface area contributed by atoms with Crippen molar-refractivity contribution in [1.82, 2.24) is 24.5 Å². The summed E-state index contributed by atoms with van der Waals surface area (Å²) in [6.07, 6.45) is -3.90. The van der Waals surface area contributed by atoms with Gasteiger partial charge in [-0.3, -0.25) is 4.79 Å². The minimum Gasteiger partial charge on any atom is -0.351 e. The van der Waals surface area contributed by atoms with Gasteiger partial charge in [-0.1, -0.05) is 30.3 Å². The summed E-state index contributed by atoms with van der Waals surface area (Å²) in [5.74, 6) is -0.283. The number of nitrogens with one attached hydrogen (secondary N) is 1. The van der Waals surface area contributed by atoms with E-state index in [4.69, 9.17) is 0 Å². The molecule has 9 heteroatoms. The Morgan fingerprint density at radius 2 is 1.91 bits per heavy atom. The lowest BCUT2D eigenvalue weighted by molar-refractivity contribution is -0.142. The molecule has 1 aliphatic rings. The van der Waals surface area contributed by atoms with Crippen LogP contribution in [0.5, 0.6) is 0 Å². The minimum absolute atomic E-state index is 0.136. The number of hydrogen-bond acceptors (Lipinski definition) is 3. The van der Waals surface area contributed by atoms with Gasteiger partial charge in [-0.2, -0.15) is 18.3 Å². The Hall–Kier alpha value is -3.62. The van der Waals surface area contributed by atoms with Gasteiger partial charge in [-0.05, 0) is 37.1 Å². The number of fused-ring (bicyclic) bond motifs is 1. The van der Waals surface area contributed by atoms with Gasteiger partial charge in [0.2, 0.25) is 0 Å². The van der Waals surface area contributed by atoms with E-state index in [2.05, 4.69) is 15.1 Å². The number of hydrogen-bond donors (Lipinski definition) is 1. The topological polar surface area (TPSA) is 66.3 Å². The standard InChI is InChI=1S/C23H20F3N5O/c1-14-11-20(23(24,25)26)31-21(27-14)12-19(29-31)16-9-10-30(13-16)22(32)18-8-7-17(28-18)15-5-3-2-4-6-15/h2-8,11-12,16,28H,9-10,13H2,1H3/t16-/m0/s1. The van der Waals surface area contributed by atoms with Crippen molar-refractivity contribution in [1.29, 1.82) is 0 Å². The maximum Gasteiger partial charge on any atom is 0.433 e. The summed E-state index contributed by atoms with van der Waals surface area (Å²) in [4.78, 5) is 22.0. The summed E-state index contributed by atoms with van der Waals surface area (Å²) in [6, 6.07) is 15.9. The van der Waals surface area contributed by atoms with Crippen molar-refractivity contribution >= 4 is 11.6 Å². The van der Waals surface area contributed by atoms with E-state index in [9.17, 15) is 18.0 Å². The fraction of sp³-hybridized carbons (Fsp3) is 0.261. The lowest BCUT2D eigenvalue weighted by Gasteiger charge is -2.15. The smallest absolute Gasteiger partial charge is 0.351 e. The number of rotatable bonds is 3. The highest BCUT2D eigenvalue weighted by Gasteiger charge is 2.36. The molecule has 0 radical (unpaired) electrons. The number of H-pyrrole nitrogens is 1. The van der Waals surface area contributed by atoms with Gasteiger partial charge in [0.05, 0.1) is 5.69 Å². The van der Waals surface area contributed by atoms with Crippen LogP contribution < -0.4 is 0 Å². The largest absolute Gasteiger partial charge is 0.433 e. The predicted molar refractivity (Wildman–Crippen MR) is 112 cm³/mol. The maximum absolute atomic E-state index is 13.4. The van der Waals surface area contributed by atoms with Crippen LogP contribution in [0.3, 0.4) is 0 Å². The molecule has 6 nitrogen and oxygen atoms in total. The molecule has 32 heavy (non-hydrogen) atoms. The number of carbonyl (C=O) groups is 1. The van der Waals surface area contributed by atoms with Gasteiger partial charge in [0.1, 0.15) is 11.4 Å². The SMILES string of the molecule is Cc1cc(C(F)(F)F)n2nc([C@H]3CCN(C(=O)c4ccc(-c5ccccc5)[nH]4)C3)cc2n1. The highest BCUT2D eigenvalue weighted by atomic mass is 19.4. The molecule has 4 aromatic rings. The molecule has 0 unspecified atom stereocenters. The lowest BCUT2D eigenvalue weighted by Crippen LogP contribution is -2.28. The molecule has 1 aromatic carbocycles. The van der Waals surface area contributed by atoms with Crippen molar-refractivity contribution in [2.45, 2.75) is 25.4 Å². The van der Waals surface area contributed by atoms with E-state index >= 15 is 0 Å². The van der Waals surface area contributed by atoms with Gasteiger partial charge in [0.15, 0.2) is 5.65 Å². The highest BCUT2D eigenvalue weighted by Crippen LogP contribution is 2.32. The summed E-state index contributed by atoms with van der Waals surface area (Å²) in [5.41, 5.74) is 2.42. The molecule has 1 amide bonds. The number of halogens is 3. The second-order valence-electron chi connectivity index (χ2n) is 8.01. The molecular formula is C23H20F3N5O. The fourth-order valence-electron chi connectivity index (χ4n) is 4.18. The van der Waals surface area contributed by atoms with Crippen molar-refractivity contribution in [3.63, 3.8) is 0 Å². The zero-order valence-electron chi connectivity index (χ0n) is 17.2. The van der Waals surface area contributed by atoms with E-state index in [1.54, 1.807) is 17.0 Å². The Morgan fingerprint density at radius 3 is 2.66 bits per heavy atom. The van der Waals surface area contributed by atoms with Crippen LogP contribution in [0, 0.1) is 6.92 Å². The molecule has 5 rings (SSSR count). The number of aryl methyl sites for hydroxylation is 1. The van der Waals surface area contributed by atoms with E-state index in [-0.39, 0.29) is 23.2 Å². The molecule has 1 fully saturated rings. The number of benzene rings is 1. The van der Waals surface area contributed by atoms with Crippen LogP contribution in [-0.4, -0.2) is 43.5 Å². The van der Waals surface area contributed by atoms with Crippen molar-refractivity contribution < 1.29 is 18.0 Å². The minimum atomic E-state index is -4.53. The molecule has 0 bridgehead atoms. The van der Waals surface area contributed by atoms with Crippen molar-refractivity contribution in [3.8, 4) is 11.3 Å². The van der Waals surface area contributed by atoms with Gasteiger partial charge in [0.25, 0.3) is 5.91 Å². The van der Waals surface area contributed by atoms with Crippen molar-refractivity contribution in [3.05, 3.63) is 77.4 Å². The van der Waals surface area contributed by atoms with Gasteiger partial charge in [-0.25, -0.2) is 9.50 Å². The molecule has 4 heterocycles. The number of nitrogens with zero attached hydrogens (tertiary/aromatic N) is 4. The molecule has 0 saturated carbocycles. The van der Waals surface area contributed by atoms with Crippen LogP contribution in [0.4, 0.5) is 13.2 Å². The zero-order valence-corrected chi connectivity index (χ0v) is 17.2. The van der Waals surface area contributed by atoms with Crippen molar-refractivity contribution in [2.75, 3.05) is 13.1 Å². The predicted octanol–water partition coefficient (Wildman–Crippen LogP) is 4.68. The first-order valence-electron chi connectivity index (χ1n) is 10.3. The molecule has 0 aliphatic carbocycles. The Bertz CT molecular complexity index is 1290. The van der Waals surface area contributed by atoms with Gasteiger partial charge in [-0.15, -0.1) is 0 Å². The normalized spacial score (nSPS) is 16.8. The zero-order chi connectivity index (χ0) is 22.5. The Balaban J connectivity index is 1.36. The fourth-order valence-corrected chi connectivity index (χ4v) is 4.18. The van der Waals surface area contributed by atoms with Crippen LogP contribution >= 0.6 is 0 Å². The Labute approximate surface area is 181 Å². The summed E-state index contributed by atoms with van der Waals surface area (Å²) < 4.78 is 41.1. The van der Waals surface area contributed by atoms with Crippen LogP contribution in [-0.2, 0) is 6.18 Å². The third-order valence-corrected chi connectivity index (χ3v) is 5.76. The number of aromatic amines is 1. The Morgan fingerprint density at radius 1 is 1.12 bits per heavy atom. The average molecular weight is 439 g/mol. The summed E-state index contributed by atoms with van der Waals surface area (Å²) in [7, 11) is 0. The maximum atomic E-state index is 13.4. The third kappa shape index (κ3) is 3.63. The summed E-state index contributed by atoms with van der Waals surface area (Å²) in [5, 5.41) is 4.20. The van der Waals surface area contributed by atoms with E-state index in [0.29, 0.717) is 30.9 Å². The van der Waals surface area contributed by atoms with Gasteiger partial charge < -0.3 is 9.88 Å². The first-order valence-corrected chi connectivity index (χ1v) is 10.3. The number of amides is 1. The van der Waals surface area contributed by atoms with Crippen molar-refractivity contribution in [2.24, 2.45) is 0 Å². The summed E-state index contributed by atoms with van der Waals surface area (Å²) in [6.45, 7) is 2.43. The van der Waals surface area contributed by atoms with Crippen LogP contribution in [0.2, 0.25) is 0 Å². The molecule has 1 N–H and O–H groups in total. The monoisotopic (exact) mass is 439 g/mol. The molecule has 1 atom stereocenters. The molecular weight excluding hydrogens is 419 g/mol. The molecule has 0 spiro atoms. The average Bonchev–Trinajstić information content (AvgIpc) is 3.51. The Kier molecular flexibility index (Phi) is 4.76. The number of carbonyl (C=O) groups excluding carboxylic acids is 1. The second kappa shape index (κ2) is 7.51. The quantitative estimate of drug-likeness (QED) is 0.504. The third-order valence-electron chi connectivity index (χ3n) is 5.76. The lowest BCUT2D eigenvalue weighted by atomic mass is 10.1. The first kappa shape index (κ1) is 20.3. The first-order chi connectivity index (χ1) is 15.3. The number of aromatic nitrogens is 4.